The summed E-state index contributed by atoms with van der Waals surface area (Å²) in [6, 6.07) is 3.48. The van der Waals surface area contributed by atoms with Crippen LogP contribution in [0.2, 0.25) is 0 Å². The molecule has 0 saturated carbocycles. The Morgan fingerprint density at radius 3 is 3.23 bits per heavy atom. The lowest BCUT2D eigenvalue weighted by Crippen LogP contribution is -2.37. The van der Waals surface area contributed by atoms with Crippen molar-refractivity contribution in [3.05, 3.63) is 24.0 Å². The molecule has 0 aromatic carbocycles. The van der Waals surface area contributed by atoms with Crippen LogP contribution in [0.1, 0.15) is 12.1 Å². The van der Waals surface area contributed by atoms with Crippen molar-refractivity contribution in [1.82, 2.24) is 4.98 Å². The summed E-state index contributed by atoms with van der Waals surface area (Å²) < 4.78 is 5.29. The first-order valence-corrected chi connectivity index (χ1v) is 4.18. The van der Waals surface area contributed by atoms with Crippen LogP contribution in [-0.2, 0) is 5.60 Å². The van der Waals surface area contributed by atoms with Gasteiger partial charge in [0.15, 0.2) is 0 Å². The van der Waals surface area contributed by atoms with Crippen LogP contribution in [0.3, 0.4) is 0 Å². The Morgan fingerprint density at radius 2 is 2.46 bits per heavy atom. The molecule has 1 aromatic rings. The van der Waals surface area contributed by atoms with Gasteiger partial charge in [-0.3, -0.25) is 4.98 Å². The van der Waals surface area contributed by atoms with Gasteiger partial charge >= 0.3 is 0 Å². The summed E-state index contributed by atoms with van der Waals surface area (Å²) in [6.45, 7) is 0.0934. The molecule has 0 fully saturated rings. The summed E-state index contributed by atoms with van der Waals surface area (Å²) in [4.78, 5) is 4.01. The number of hydrogen-bond donors (Lipinski definition) is 2. The van der Waals surface area contributed by atoms with Gasteiger partial charge in [-0.25, -0.2) is 0 Å². The molecule has 1 atom stereocenters. The average molecular weight is 181 g/mol. The highest BCUT2D eigenvalue weighted by atomic mass is 16.5. The van der Waals surface area contributed by atoms with Crippen LogP contribution in [-0.4, -0.2) is 28.4 Å². The molecular weight excluding hydrogens is 170 g/mol. The second-order valence-corrected chi connectivity index (χ2v) is 3.14. The first kappa shape index (κ1) is 8.47. The standard InChI is InChI=1S/C9H11NO3/c11-6-9(12)3-5-13-7-2-1-4-10-8(7)9/h1-2,4,11-12H,3,5-6H2. The molecule has 1 aliphatic heterocycles. The molecule has 0 amide bonds. The van der Waals surface area contributed by atoms with E-state index in [1.54, 1.807) is 18.3 Å². The van der Waals surface area contributed by atoms with Crippen LogP contribution < -0.4 is 4.74 Å². The molecule has 0 saturated heterocycles. The van der Waals surface area contributed by atoms with Gasteiger partial charge < -0.3 is 14.9 Å². The topological polar surface area (TPSA) is 62.6 Å². The fraction of sp³-hybridized carbons (Fsp3) is 0.444. The number of fused-ring (bicyclic) bond motifs is 1. The van der Waals surface area contributed by atoms with Crippen molar-refractivity contribution in [2.45, 2.75) is 12.0 Å². The highest BCUT2D eigenvalue weighted by Crippen LogP contribution is 2.34. The van der Waals surface area contributed by atoms with E-state index in [0.29, 0.717) is 24.5 Å². The van der Waals surface area contributed by atoms with Crippen molar-refractivity contribution in [3.63, 3.8) is 0 Å². The van der Waals surface area contributed by atoms with E-state index >= 15 is 0 Å². The summed E-state index contributed by atoms with van der Waals surface area (Å²) in [7, 11) is 0. The number of aliphatic hydroxyl groups is 2. The summed E-state index contributed by atoms with van der Waals surface area (Å²) in [5.41, 5.74) is -0.793. The molecule has 0 spiro atoms. The number of rotatable bonds is 1. The third-order valence-electron chi connectivity index (χ3n) is 2.25. The van der Waals surface area contributed by atoms with Crippen molar-refractivity contribution in [3.8, 4) is 5.75 Å². The molecule has 13 heavy (non-hydrogen) atoms. The van der Waals surface area contributed by atoms with E-state index < -0.39 is 5.60 Å². The Kier molecular flexibility index (Phi) is 1.94. The zero-order chi connectivity index (χ0) is 9.31. The first-order chi connectivity index (χ1) is 6.26. The third kappa shape index (κ3) is 1.28. The highest BCUT2D eigenvalue weighted by Gasteiger charge is 2.36. The quantitative estimate of drug-likeness (QED) is 0.642. The normalized spacial score (nSPS) is 26.3. The Bertz CT molecular complexity index is 315. The number of pyridine rings is 1. The van der Waals surface area contributed by atoms with Crippen molar-refractivity contribution < 1.29 is 14.9 Å². The minimum absolute atomic E-state index is 0.319. The first-order valence-electron chi connectivity index (χ1n) is 4.18. The Morgan fingerprint density at radius 1 is 1.62 bits per heavy atom. The largest absolute Gasteiger partial charge is 0.491 e. The summed E-state index contributed by atoms with van der Waals surface area (Å²) in [6.07, 6.45) is 1.96. The molecular formula is C9H11NO3. The zero-order valence-corrected chi connectivity index (χ0v) is 7.10. The van der Waals surface area contributed by atoms with Gasteiger partial charge in [-0.15, -0.1) is 0 Å². The van der Waals surface area contributed by atoms with E-state index in [-0.39, 0.29) is 6.61 Å². The minimum atomic E-state index is -1.23. The second kappa shape index (κ2) is 2.97. The van der Waals surface area contributed by atoms with Gasteiger partial charge in [0.05, 0.1) is 13.2 Å². The molecule has 0 radical (unpaired) electrons. The number of aromatic nitrogens is 1. The van der Waals surface area contributed by atoms with Crippen LogP contribution in [0.15, 0.2) is 18.3 Å². The molecule has 1 aromatic heterocycles. The predicted molar refractivity (Wildman–Crippen MR) is 45.3 cm³/mol. The Balaban J connectivity index is 2.48. The summed E-state index contributed by atoms with van der Waals surface area (Å²) in [5, 5.41) is 19.0. The van der Waals surface area contributed by atoms with Crippen molar-refractivity contribution in [1.29, 1.82) is 0 Å². The Hall–Kier alpha value is -1.13. The van der Waals surface area contributed by atoms with E-state index in [1.165, 1.54) is 0 Å². The van der Waals surface area contributed by atoms with Gasteiger partial charge in [0.1, 0.15) is 17.0 Å². The number of nitrogens with zero attached hydrogens (tertiary/aromatic N) is 1. The summed E-state index contributed by atoms with van der Waals surface area (Å²) in [5.74, 6) is 0.560. The van der Waals surface area contributed by atoms with E-state index in [9.17, 15) is 5.11 Å². The number of ether oxygens (including phenoxy) is 1. The monoisotopic (exact) mass is 181 g/mol. The van der Waals surface area contributed by atoms with Gasteiger partial charge in [-0.05, 0) is 12.1 Å². The van der Waals surface area contributed by atoms with Crippen LogP contribution in [0.5, 0.6) is 5.75 Å². The maximum atomic E-state index is 9.94. The van der Waals surface area contributed by atoms with Gasteiger partial charge in [-0.1, -0.05) is 0 Å². The fourth-order valence-corrected chi connectivity index (χ4v) is 1.46. The van der Waals surface area contributed by atoms with Crippen molar-refractivity contribution in [2.75, 3.05) is 13.2 Å². The maximum Gasteiger partial charge on any atom is 0.143 e. The molecule has 0 aliphatic carbocycles. The minimum Gasteiger partial charge on any atom is -0.491 e. The molecule has 1 unspecified atom stereocenters. The van der Waals surface area contributed by atoms with Crippen LogP contribution >= 0.6 is 0 Å². The Labute approximate surface area is 75.8 Å². The molecule has 70 valence electrons. The lowest BCUT2D eigenvalue weighted by atomic mass is 9.94. The fourth-order valence-electron chi connectivity index (χ4n) is 1.46. The zero-order valence-electron chi connectivity index (χ0n) is 7.10. The molecule has 0 bridgehead atoms. The summed E-state index contributed by atoms with van der Waals surface area (Å²) >= 11 is 0. The highest BCUT2D eigenvalue weighted by molar-refractivity contribution is 5.33. The van der Waals surface area contributed by atoms with E-state index in [4.69, 9.17) is 9.84 Å². The van der Waals surface area contributed by atoms with Crippen LogP contribution in [0.4, 0.5) is 0 Å². The lowest BCUT2D eigenvalue weighted by Gasteiger charge is -2.31. The molecule has 4 nitrogen and oxygen atoms in total. The molecule has 4 heteroatoms. The number of aliphatic hydroxyl groups excluding tert-OH is 1. The van der Waals surface area contributed by atoms with Gasteiger partial charge in [0, 0.05) is 12.6 Å². The predicted octanol–water partition coefficient (Wildman–Crippen LogP) is 0.0440. The van der Waals surface area contributed by atoms with E-state index in [1.807, 2.05) is 0 Å². The SMILES string of the molecule is OCC1(O)CCOc2cccnc21. The smallest absolute Gasteiger partial charge is 0.143 e. The average Bonchev–Trinajstić information content (AvgIpc) is 2.19. The molecule has 1 aliphatic rings. The lowest BCUT2D eigenvalue weighted by molar-refractivity contribution is -0.0513. The van der Waals surface area contributed by atoms with E-state index in [2.05, 4.69) is 4.98 Å². The number of hydrogen-bond acceptors (Lipinski definition) is 4. The maximum absolute atomic E-state index is 9.94. The third-order valence-corrected chi connectivity index (χ3v) is 2.25. The van der Waals surface area contributed by atoms with E-state index in [0.717, 1.165) is 0 Å². The second-order valence-electron chi connectivity index (χ2n) is 3.14. The van der Waals surface area contributed by atoms with Crippen molar-refractivity contribution >= 4 is 0 Å². The van der Waals surface area contributed by atoms with Gasteiger partial charge in [0.2, 0.25) is 0 Å². The van der Waals surface area contributed by atoms with Gasteiger partial charge in [-0.2, -0.15) is 0 Å². The van der Waals surface area contributed by atoms with Gasteiger partial charge in [0.25, 0.3) is 0 Å². The molecule has 2 N–H and O–H groups in total. The molecule has 2 heterocycles. The van der Waals surface area contributed by atoms with Crippen LogP contribution in [0, 0.1) is 0 Å². The van der Waals surface area contributed by atoms with Crippen LogP contribution in [0.25, 0.3) is 0 Å². The van der Waals surface area contributed by atoms with Crippen molar-refractivity contribution in [2.24, 2.45) is 0 Å². The molecule has 2 rings (SSSR count).